The summed E-state index contributed by atoms with van der Waals surface area (Å²) >= 11 is 1.43. The second-order valence-electron chi connectivity index (χ2n) is 3.70. The number of anilines is 1. The van der Waals surface area contributed by atoms with E-state index in [-0.39, 0.29) is 18.4 Å². The molecule has 3 amide bonds. The molecule has 0 unspecified atom stereocenters. The minimum atomic E-state index is -0.486. The number of thiophene rings is 1. The maximum absolute atomic E-state index is 11.6. The van der Waals surface area contributed by atoms with E-state index in [1.807, 2.05) is 18.4 Å². The fourth-order valence-electron chi connectivity index (χ4n) is 1.39. The molecule has 0 bridgehead atoms. The molecule has 6 nitrogen and oxygen atoms in total. The molecule has 7 heteroatoms. The maximum Gasteiger partial charge on any atom is 0.349 e. The lowest BCUT2D eigenvalue weighted by atomic mass is 10.4. The van der Waals surface area contributed by atoms with Crippen LogP contribution in [-0.2, 0) is 4.79 Å². The van der Waals surface area contributed by atoms with Crippen LogP contribution >= 0.6 is 11.3 Å². The van der Waals surface area contributed by atoms with E-state index < -0.39 is 6.03 Å². The van der Waals surface area contributed by atoms with Crippen molar-refractivity contribution in [3.63, 3.8) is 0 Å². The van der Waals surface area contributed by atoms with Gasteiger partial charge in [-0.25, -0.2) is 4.79 Å². The van der Waals surface area contributed by atoms with Gasteiger partial charge in [-0.1, -0.05) is 0 Å². The number of amides is 3. The van der Waals surface area contributed by atoms with Gasteiger partial charge in [-0.05, 0) is 23.9 Å². The van der Waals surface area contributed by atoms with Gasteiger partial charge in [0, 0.05) is 7.05 Å². The number of guanidine groups is 1. The van der Waals surface area contributed by atoms with Crippen molar-refractivity contribution in [2.75, 3.05) is 18.9 Å². The van der Waals surface area contributed by atoms with Gasteiger partial charge < -0.3 is 4.90 Å². The summed E-state index contributed by atoms with van der Waals surface area (Å²) in [6.07, 6.45) is 0. The molecular weight excluding hydrogens is 240 g/mol. The number of hydrogen-bond donors (Lipinski definition) is 2. The first-order valence-corrected chi connectivity index (χ1v) is 5.89. The molecule has 1 saturated heterocycles. The zero-order valence-electron chi connectivity index (χ0n) is 9.48. The van der Waals surface area contributed by atoms with E-state index in [0.717, 1.165) is 10.6 Å². The van der Waals surface area contributed by atoms with Crippen molar-refractivity contribution >= 4 is 34.2 Å². The quantitative estimate of drug-likeness (QED) is 0.783. The van der Waals surface area contributed by atoms with Gasteiger partial charge in [-0.2, -0.15) is 4.99 Å². The Morgan fingerprint density at radius 1 is 1.65 bits per heavy atom. The molecule has 2 N–H and O–H groups in total. The predicted octanol–water partition coefficient (Wildman–Crippen LogP) is 1.01. The van der Waals surface area contributed by atoms with Gasteiger partial charge >= 0.3 is 6.03 Å². The van der Waals surface area contributed by atoms with Gasteiger partial charge in [-0.3, -0.25) is 15.4 Å². The van der Waals surface area contributed by atoms with E-state index in [9.17, 15) is 9.59 Å². The predicted molar refractivity (Wildman–Crippen MR) is 66.3 cm³/mol. The summed E-state index contributed by atoms with van der Waals surface area (Å²) in [6, 6.07) is 1.43. The number of likely N-dealkylation sites (N-methyl/N-ethyl adjacent to an activating group) is 1. The smallest absolute Gasteiger partial charge is 0.336 e. The molecule has 0 radical (unpaired) electrons. The Hall–Kier alpha value is -1.89. The van der Waals surface area contributed by atoms with Gasteiger partial charge in [0.25, 0.3) is 0 Å². The van der Waals surface area contributed by atoms with Crippen molar-refractivity contribution in [2.45, 2.75) is 6.92 Å². The second-order valence-corrected chi connectivity index (χ2v) is 4.62. The van der Waals surface area contributed by atoms with E-state index in [1.54, 1.807) is 11.9 Å². The molecule has 0 atom stereocenters. The minimum absolute atomic E-state index is 0.161. The highest BCUT2D eigenvalue weighted by molar-refractivity contribution is 7.14. The van der Waals surface area contributed by atoms with E-state index in [0.29, 0.717) is 0 Å². The van der Waals surface area contributed by atoms with Crippen LogP contribution in [0.1, 0.15) is 5.56 Å². The lowest BCUT2D eigenvalue weighted by Crippen LogP contribution is -2.29. The zero-order valence-corrected chi connectivity index (χ0v) is 10.3. The van der Waals surface area contributed by atoms with Crippen LogP contribution in [0.4, 0.5) is 9.80 Å². The normalized spacial score (nSPS) is 17.4. The molecule has 1 aliphatic rings. The van der Waals surface area contributed by atoms with Gasteiger partial charge in [0.1, 0.15) is 0 Å². The van der Waals surface area contributed by atoms with Crippen molar-refractivity contribution in [3.05, 3.63) is 17.0 Å². The molecule has 1 fully saturated rings. The zero-order chi connectivity index (χ0) is 12.4. The summed E-state index contributed by atoms with van der Waals surface area (Å²) < 4.78 is 0. The van der Waals surface area contributed by atoms with Crippen LogP contribution in [-0.4, -0.2) is 36.4 Å². The number of nitrogens with one attached hydrogen (secondary N) is 2. The third-order valence-electron chi connectivity index (χ3n) is 2.28. The molecule has 0 spiro atoms. The summed E-state index contributed by atoms with van der Waals surface area (Å²) in [5.41, 5.74) is 0.993. The number of carbonyl (C=O) groups excluding carboxylic acids is 2. The summed E-state index contributed by atoms with van der Waals surface area (Å²) in [6.45, 7) is 2.13. The Morgan fingerprint density at radius 2 is 2.41 bits per heavy atom. The summed E-state index contributed by atoms with van der Waals surface area (Å²) in [7, 11) is 1.69. The molecule has 2 rings (SSSR count). The van der Waals surface area contributed by atoms with Gasteiger partial charge in [0.15, 0.2) is 0 Å². The van der Waals surface area contributed by atoms with Crippen LogP contribution in [0.3, 0.4) is 0 Å². The summed E-state index contributed by atoms with van der Waals surface area (Å²) in [5.74, 6) is 0.119. The first-order valence-electron chi connectivity index (χ1n) is 5.01. The number of urea groups is 1. The monoisotopic (exact) mass is 252 g/mol. The van der Waals surface area contributed by atoms with Crippen LogP contribution in [0, 0.1) is 6.92 Å². The maximum atomic E-state index is 11.6. The lowest BCUT2D eigenvalue weighted by Gasteiger charge is -2.07. The first-order chi connectivity index (χ1) is 8.06. The standard InChI is InChI=1S/C10H12N4O2S/c1-6-3-4-17-8(6)12-10(16)13-9-11-7(15)5-14(9)2/h3-4H,5H2,1-2H3,(H2,11,12,13,15,16). The SMILES string of the molecule is Cc1ccsc1NC(=O)N=C1NC(=O)CN1C. The van der Waals surface area contributed by atoms with Crippen molar-refractivity contribution in [1.29, 1.82) is 0 Å². The van der Waals surface area contributed by atoms with Crippen LogP contribution in [0.5, 0.6) is 0 Å². The van der Waals surface area contributed by atoms with E-state index in [4.69, 9.17) is 0 Å². The Morgan fingerprint density at radius 3 is 2.94 bits per heavy atom. The average molecular weight is 252 g/mol. The summed E-state index contributed by atoms with van der Waals surface area (Å²) in [5, 5.41) is 7.84. The highest BCUT2D eigenvalue weighted by atomic mass is 32.1. The van der Waals surface area contributed by atoms with Crippen LogP contribution in [0.25, 0.3) is 0 Å². The molecule has 0 aliphatic carbocycles. The van der Waals surface area contributed by atoms with Crippen molar-refractivity contribution in [1.82, 2.24) is 10.2 Å². The molecule has 90 valence electrons. The van der Waals surface area contributed by atoms with E-state index in [2.05, 4.69) is 15.6 Å². The Kier molecular flexibility index (Phi) is 3.10. The number of rotatable bonds is 1. The molecule has 1 aromatic heterocycles. The molecule has 1 aliphatic heterocycles. The van der Waals surface area contributed by atoms with E-state index >= 15 is 0 Å². The Balaban J connectivity index is 2.05. The van der Waals surface area contributed by atoms with Crippen LogP contribution in [0.15, 0.2) is 16.4 Å². The Bertz CT molecular complexity index is 494. The molecule has 17 heavy (non-hydrogen) atoms. The second kappa shape index (κ2) is 4.54. The largest absolute Gasteiger partial charge is 0.349 e. The molecule has 0 aromatic carbocycles. The van der Waals surface area contributed by atoms with Gasteiger partial charge in [0.2, 0.25) is 11.9 Å². The molecule has 2 heterocycles. The molecule has 0 saturated carbocycles. The van der Waals surface area contributed by atoms with E-state index in [1.165, 1.54) is 11.3 Å². The molecular formula is C10H12N4O2S. The summed E-state index contributed by atoms with van der Waals surface area (Å²) in [4.78, 5) is 28.0. The van der Waals surface area contributed by atoms with Crippen molar-refractivity contribution < 1.29 is 9.59 Å². The van der Waals surface area contributed by atoms with Crippen LogP contribution < -0.4 is 10.6 Å². The van der Waals surface area contributed by atoms with Crippen LogP contribution in [0.2, 0.25) is 0 Å². The number of nitrogens with zero attached hydrogens (tertiary/aromatic N) is 2. The fourth-order valence-corrected chi connectivity index (χ4v) is 2.19. The number of aryl methyl sites for hydroxylation is 1. The van der Waals surface area contributed by atoms with Crippen molar-refractivity contribution in [3.8, 4) is 0 Å². The Labute approximate surface area is 102 Å². The fraction of sp³-hybridized carbons (Fsp3) is 0.300. The van der Waals surface area contributed by atoms with Crippen molar-refractivity contribution in [2.24, 2.45) is 4.99 Å². The topological polar surface area (TPSA) is 73.8 Å². The number of aliphatic imine (C=N–C) groups is 1. The highest BCUT2D eigenvalue weighted by Crippen LogP contribution is 2.21. The third kappa shape index (κ3) is 2.62. The molecule has 1 aromatic rings. The number of hydrogen-bond acceptors (Lipinski definition) is 3. The highest BCUT2D eigenvalue weighted by Gasteiger charge is 2.22. The lowest BCUT2D eigenvalue weighted by molar-refractivity contribution is -0.118. The number of carbonyl (C=O) groups is 2. The average Bonchev–Trinajstić information content (AvgIpc) is 2.75. The van der Waals surface area contributed by atoms with Gasteiger partial charge in [0.05, 0.1) is 11.5 Å². The minimum Gasteiger partial charge on any atom is -0.336 e. The van der Waals surface area contributed by atoms with Gasteiger partial charge in [-0.15, -0.1) is 11.3 Å². The first kappa shape index (κ1) is 11.6. The third-order valence-corrected chi connectivity index (χ3v) is 3.22.